The van der Waals surface area contributed by atoms with Crippen molar-refractivity contribution in [2.24, 2.45) is 11.3 Å². The summed E-state index contributed by atoms with van der Waals surface area (Å²) in [6.07, 6.45) is 3.75. The van der Waals surface area contributed by atoms with Gasteiger partial charge in [0.15, 0.2) is 0 Å². The zero-order chi connectivity index (χ0) is 15.6. The Bertz CT molecular complexity index is 481. The minimum Gasteiger partial charge on any atom is -0.488 e. The number of hydrogen-bond donors (Lipinski definition) is 1. The molecule has 3 unspecified atom stereocenters. The Labute approximate surface area is 134 Å². The molecule has 1 aromatic carbocycles. The fourth-order valence-corrected chi connectivity index (χ4v) is 3.40. The number of nitrogens with one attached hydrogen (secondary N) is 1. The van der Waals surface area contributed by atoms with Gasteiger partial charge in [-0.25, -0.2) is 0 Å². The molecule has 21 heavy (non-hydrogen) atoms. The van der Waals surface area contributed by atoms with Crippen LogP contribution < -0.4 is 10.1 Å². The molecular formula is C18H28ClNO. The third-order valence-electron chi connectivity index (χ3n) is 4.82. The zero-order valence-corrected chi connectivity index (χ0v) is 14.6. The van der Waals surface area contributed by atoms with Gasteiger partial charge in [-0.15, -0.1) is 0 Å². The maximum atomic E-state index is 6.35. The summed E-state index contributed by atoms with van der Waals surface area (Å²) in [5, 5.41) is 4.16. The average molecular weight is 310 g/mol. The van der Waals surface area contributed by atoms with E-state index in [-0.39, 0.29) is 6.10 Å². The lowest BCUT2D eigenvalue weighted by atomic mass is 9.70. The first-order valence-corrected chi connectivity index (χ1v) is 8.29. The molecule has 1 aromatic rings. The minimum atomic E-state index is 0.213. The maximum Gasteiger partial charge on any atom is 0.124 e. The molecule has 0 heterocycles. The molecule has 1 N–H and O–H groups in total. The van der Waals surface area contributed by atoms with Gasteiger partial charge in [0.2, 0.25) is 0 Å². The number of halogens is 1. The Hall–Kier alpha value is -0.730. The predicted octanol–water partition coefficient (Wildman–Crippen LogP) is 4.83. The summed E-state index contributed by atoms with van der Waals surface area (Å²) in [6.45, 7) is 9.07. The van der Waals surface area contributed by atoms with Gasteiger partial charge in [-0.05, 0) is 62.3 Å². The van der Waals surface area contributed by atoms with E-state index in [0.29, 0.717) is 17.4 Å². The van der Waals surface area contributed by atoms with Crippen LogP contribution in [0.4, 0.5) is 0 Å². The van der Waals surface area contributed by atoms with E-state index in [1.165, 1.54) is 12.8 Å². The van der Waals surface area contributed by atoms with E-state index in [2.05, 4.69) is 33.0 Å². The molecule has 0 aromatic heterocycles. The number of hydrogen-bond acceptors (Lipinski definition) is 2. The summed E-state index contributed by atoms with van der Waals surface area (Å²) in [4.78, 5) is 0. The van der Waals surface area contributed by atoms with Crippen molar-refractivity contribution in [3.63, 3.8) is 0 Å². The van der Waals surface area contributed by atoms with Crippen LogP contribution in [-0.2, 0) is 0 Å². The Balaban J connectivity index is 2.16. The first kappa shape index (κ1) is 16.6. The fourth-order valence-electron chi connectivity index (χ4n) is 3.24. The highest BCUT2D eigenvalue weighted by Crippen LogP contribution is 2.39. The van der Waals surface area contributed by atoms with Gasteiger partial charge in [-0.1, -0.05) is 38.4 Å². The number of aryl methyl sites for hydroxylation is 1. The van der Waals surface area contributed by atoms with E-state index in [1.54, 1.807) is 0 Å². The fraction of sp³-hybridized carbons (Fsp3) is 0.667. The summed E-state index contributed by atoms with van der Waals surface area (Å²) >= 11 is 6.11. The Kier molecular flexibility index (Phi) is 5.21. The van der Waals surface area contributed by atoms with E-state index in [1.807, 2.05) is 25.2 Å². The molecule has 1 aliphatic rings. The number of benzene rings is 1. The van der Waals surface area contributed by atoms with Crippen LogP contribution in [0.1, 0.15) is 45.6 Å². The molecular weight excluding hydrogens is 282 g/mol. The second-order valence-electron chi connectivity index (χ2n) is 7.34. The number of ether oxygens (including phenoxy) is 1. The Morgan fingerprint density at radius 2 is 1.95 bits per heavy atom. The highest BCUT2D eigenvalue weighted by atomic mass is 35.5. The predicted molar refractivity (Wildman–Crippen MR) is 90.2 cm³/mol. The lowest BCUT2D eigenvalue weighted by molar-refractivity contribution is 0.0492. The molecule has 118 valence electrons. The van der Waals surface area contributed by atoms with Gasteiger partial charge in [0.1, 0.15) is 11.9 Å². The van der Waals surface area contributed by atoms with Crippen LogP contribution in [0.2, 0.25) is 5.02 Å². The molecule has 3 atom stereocenters. The smallest absolute Gasteiger partial charge is 0.124 e. The van der Waals surface area contributed by atoms with Crippen molar-refractivity contribution < 1.29 is 4.74 Å². The topological polar surface area (TPSA) is 21.3 Å². The average Bonchev–Trinajstić information content (AvgIpc) is 2.42. The molecule has 0 aliphatic heterocycles. The van der Waals surface area contributed by atoms with Gasteiger partial charge in [0.25, 0.3) is 0 Å². The van der Waals surface area contributed by atoms with Gasteiger partial charge < -0.3 is 10.1 Å². The molecule has 3 heteroatoms. The SMILES string of the molecule is CNC1CCC(C(C)(C)C)CC1Oc1cc(Cl)ccc1C. The van der Waals surface area contributed by atoms with Crippen molar-refractivity contribution in [2.45, 2.75) is 59.1 Å². The molecule has 2 rings (SSSR count). The lowest BCUT2D eigenvalue weighted by Crippen LogP contribution is -2.47. The van der Waals surface area contributed by atoms with E-state index in [0.717, 1.165) is 22.8 Å². The Morgan fingerprint density at radius 1 is 1.24 bits per heavy atom. The summed E-state index contributed by atoms with van der Waals surface area (Å²) in [5.41, 5.74) is 1.48. The molecule has 1 aliphatic carbocycles. The van der Waals surface area contributed by atoms with Crippen LogP contribution in [0.15, 0.2) is 18.2 Å². The number of rotatable bonds is 3. The largest absolute Gasteiger partial charge is 0.488 e. The summed E-state index contributed by atoms with van der Waals surface area (Å²) in [7, 11) is 2.03. The van der Waals surface area contributed by atoms with Gasteiger partial charge in [-0.3, -0.25) is 0 Å². The molecule has 0 saturated heterocycles. The zero-order valence-electron chi connectivity index (χ0n) is 13.9. The standard InChI is InChI=1S/C18H28ClNO/c1-12-6-8-14(19)11-16(12)21-17-10-13(18(2,3)4)7-9-15(17)20-5/h6,8,11,13,15,17,20H,7,9-10H2,1-5H3. The molecule has 0 radical (unpaired) electrons. The second kappa shape index (κ2) is 6.58. The van der Waals surface area contributed by atoms with Crippen molar-refractivity contribution in [3.8, 4) is 5.75 Å². The molecule has 0 bridgehead atoms. The van der Waals surface area contributed by atoms with E-state index in [4.69, 9.17) is 16.3 Å². The summed E-state index contributed by atoms with van der Waals surface area (Å²) in [6, 6.07) is 6.29. The van der Waals surface area contributed by atoms with Crippen molar-refractivity contribution in [3.05, 3.63) is 28.8 Å². The van der Waals surface area contributed by atoms with Gasteiger partial charge in [0.05, 0.1) is 0 Å². The molecule has 2 nitrogen and oxygen atoms in total. The van der Waals surface area contributed by atoms with Crippen molar-refractivity contribution in [1.29, 1.82) is 0 Å². The van der Waals surface area contributed by atoms with Gasteiger partial charge >= 0.3 is 0 Å². The first-order chi connectivity index (χ1) is 9.81. The van der Waals surface area contributed by atoms with Crippen LogP contribution >= 0.6 is 11.6 Å². The highest BCUT2D eigenvalue weighted by Gasteiger charge is 2.36. The van der Waals surface area contributed by atoms with Crippen LogP contribution in [0.3, 0.4) is 0 Å². The van der Waals surface area contributed by atoms with Crippen LogP contribution in [0.5, 0.6) is 5.75 Å². The summed E-state index contributed by atoms with van der Waals surface area (Å²) in [5.74, 6) is 1.62. The maximum absolute atomic E-state index is 6.35. The van der Waals surface area contributed by atoms with E-state index in [9.17, 15) is 0 Å². The van der Waals surface area contributed by atoms with Crippen LogP contribution in [0.25, 0.3) is 0 Å². The molecule has 1 fully saturated rings. The molecule has 0 amide bonds. The molecule has 0 spiro atoms. The first-order valence-electron chi connectivity index (χ1n) is 7.91. The third-order valence-corrected chi connectivity index (χ3v) is 5.05. The minimum absolute atomic E-state index is 0.213. The third kappa shape index (κ3) is 4.14. The van der Waals surface area contributed by atoms with Gasteiger partial charge in [-0.2, -0.15) is 0 Å². The van der Waals surface area contributed by atoms with Crippen molar-refractivity contribution in [2.75, 3.05) is 7.05 Å². The summed E-state index contributed by atoms with van der Waals surface area (Å²) < 4.78 is 6.35. The lowest BCUT2D eigenvalue weighted by Gasteiger charge is -2.41. The van der Waals surface area contributed by atoms with Crippen LogP contribution in [-0.4, -0.2) is 19.2 Å². The van der Waals surface area contributed by atoms with Crippen LogP contribution in [0, 0.1) is 18.3 Å². The van der Waals surface area contributed by atoms with Crippen molar-refractivity contribution >= 4 is 11.6 Å². The van der Waals surface area contributed by atoms with Crippen molar-refractivity contribution in [1.82, 2.24) is 5.32 Å². The van der Waals surface area contributed by atoms with E-state index >= 15 is 0 Å². The normalized spacial score (nSPS) is 26.7. The van der Waals surface area contributed by atoms with Gasteiger partial charge in [0, 0.05) is 11.1 Å². The van der Waals surface area contributed by atoms with E-state index < -0.39 is 0 Å². The monoisotopic (exact) mass is 309 g/mol. The quantitative estimate of drug-likeness (QED) is 0.863. The molecule has 1 saturated carbocycles. The number of likely N-dealkylation sites (N-methyl/N-ethyl adjacent to an activating group) is 1. The second-order valence-corrected chi connectivity index (χ2v) is 7.77. The Morgan fingerprint density at radius 3 is 2.57 bits per heavy atom. The highest BCUT2D eigenvalue weighted by molar-refractivity contribution is 6.30.